The Kier molecular flexibility index (Phi) is 2.77. The van der Waals surface area contributed by atoms with Gasteiger partial charge >= 0.3 is 0 Å². The Morgan fingerprint density at radius 1 is 1.06 bits per heavy atom. The predicted molar refractivity (Wildman–Crippen MR) is 77.2 cm³/mol. The van der Waals surface area contributed by atoms with Crippen molar-refractivity contribution >= 4 is 23.8 Å². The normalized spacial score (nSPS) is 17.5. The summed E-state index contributed by atoms with van der Waals surface area (Å²) in [5.41, 5.74) is 5.16. The van der Waals surface area contributed by atoms with E-state index in [4.69, 9.17) is 12.6 Å². The van der Waals surface area contributed by atoms with Gasteiger partial charge in [0.15, 0.2) is 0 Å². The SMILES string of the molecule is Sc1c(C2=CCC=C2)cccc1C1=CC=CC1. The van der Waals surface area contributed by atoms with Gasteiger partial charge in [-0.05, 0) is 35.1 Å². The Labute approximate surface area is 107 Å². The highest BCUT2D eigenvalue weighted by Gasteiger charge is 2.12. The van der Waals surface area contributed by atoms with Crippen molar-refractivity contribution in [3.05, 3.63) is 65.8 Å². The zero-order valence-corrected chi connectivity index (χ0v) is 10.5. The minimum atomic E-state index is 1.02. The Hall–Kier alpha value is -1.47. The van der Waals surface area contributed by atoms with Crippen molar-refractivity contribution in [2.75, 3.05) is 0 Å². The monoisotopic (exact) mass is 238 g/mol. The second-order valence-corrected chi connectivity index (χ2v) is 4.77. The van der Waals surface area contributed by atoms with Gasteiger partial charge in [-0.3, -0.25) is 0 Å². The molecule has 1 heteroatoms. The fourth-order valence-electron chi connectivity index (χ4n) is 2.34. The van der Waals surface area contributed by atoms with Crippen molar-refractivity contribution < 1.29 is 0 Å². The van der Waals surface area contributed by atoms with Crippen LogP contribution in [0.4, 0.5) is 0 Å². The standard InChI is InChI=1S/C16H14S/c17-16-14(12-6-1-2-7-12)10-5-11-15(16)13-8-3-4-9-13/h1-3,5-6,8-11,17H,4,7H2. The first-order valence-corrected chi connectivity index (χ1v) is 6.36. The van der Waals surface area contributed by atoms with Crippen LogP contribution < -0.4 is 0 Å². The Balaban J connectivity index is 2.07. The molecule has 2 aliphatic rings. The van der Waals surface area contributed by atoms with Crippen LogP contribution in [0.1, 0.15) is 24.0 Å². The molecule has 0 aromatic heterocycles. The zero-order valence-electron chi connectivity index (χ0n) is 9.56. The highest BCUT2D eigenvalue weighted by atomic mass is 32.1. The van der Waals surface area contributed by atoms with Crippen molar-refractivity contribution in [3.63, 3.8) is 0 Å². The van der Waals surface area contributed by atoms with E-state index in [-0.39, 0.29) is 0 Å². The third kappa shape index (κ3) is 1.91. The van der Waals surface area contributed by atoms with Gasteiger partial charge in [0.1, 0.15) is 0 Å². The summed E-state index contributed by atoms with van der Waals surface area (Å²) in [4.78, 5) is 1.10. The molecule has 0 nitrogen and oxygen atoms in total. The van der Waals surface area contributed by atoms with E-state index in [1.807, 2.05) is 0 Å². The van der Waals surface area contributed by atoms with E-state index in [1.165, 1.54) is 22.3 Å². The lowest BCUT2D eigenvalue weighted by Gasteiger charge is -2.11. The van der Waals surface area contributed by atoms with Gasteiger partial charge < -0.3 is 0 Å². The summed E-state index contributed by atoms with van der Waals surface area (Å²) in [6, 6.07) is 6.43. The maximum Gasteiger partial charge on any atom is 0.0194 e. The largest absolute Gasteiger partial charge is 0.142 e. The third-order valence-corrected chi connectivity index (χ3v) is 3.72. The molecule has 0 fully saturated rings. The van der Waals surface area contributed by atoms with E-state index in [0.717, 1.165) is 17.7 Å². The molecule has 17 heavy (non-hydrogen) atoms. The van der Waals surface area contributed by atoms with Crippen LogP contribution in [0.2, 0.25) is 0 Å². The van der Waals surface area contributed by atoms with Crippen LogP contribution in [0.15, 0.2) is 59.6 Å². The van der Waals surface area contributed by atoms with E-state index in [2.05, 4.69) is 54.7 Å². The van der Waals surface area contributed by atoms with Crippen molar-refractivity contribution in [3.8, 4) is 0 Å². The molecule has 0 heterocycles. The molecule has 0 N–H and O–H groups in total. The fraction of sp³-hybridized carbons (Fsp3) is 0.125. The molecule has 0 atom stereocenters. The van der Waals surface area contributed by atoms with E-state index in [1.54, 1.807) is 0 Å². The van der Waals surface area contributed by atoms with Crippen molar-refractivity contribution in [1.29, 1.82) is 0 Å². The lowest BCUT2D eigenvalue weighted by molar-refractivity contribution is 1.31. The van der Waals surface area contributed by atoms with Gasteiger partial charge in [-0.1, -0.05) is 54.7 Å². The summed E-state index contributed by atoms with van der Waals surface area (Å²) < 4.78 is 0. The van der Waals surface area contributed by atoms with Gasteiger partial charge in [0.2, 0.25) is 0 Å². The number of hydrogen-bond donors (Lipinski definition) is 1. The quantitative estimate of drug-likeness (QED) is 0.712. The van der Waals surface area contributed by atoms with Gasteiger partial charge in [-0.25, -0.2) is 0 Å². The summed E-state index contributed by atoms with van der Waals surface area (Å²) in [5.74, 6) is 0. The van der Waals surface area contributed by atoms with Crippen LogP contribution in [0.5, 0.6) is 0 Å². The average Bonchev–Trinajstić information content (AvgIpc) is 3.02. The van der Waals surface area contributed by atoms with Crippen LogP contribution in [-0.2, 0) is 0 Å². The Morgan fingerprint density at radius 3 is 2.65 bits per heavy atom. The van der Waals surface area contributed by atoms with Crippen LogP contribution >= 0.6 is 12.6 Å². The Bertz CT molecular complexity index is 571. The molecule has 0 spiro atoms. The maximum absolute atomic E-state index is 4.72. The third-order valence-electron chi connectivity index (χ3n) is 3.24. The highest BCUT2D eigenvalue weighted by molar-refractivity contribution is 7.80. The summed E-state index contributed by atoms with van der Waals surface area (Å²) in [7, 11) is 0. The Morgan fingerprint density at radius 2 is 1.94 bits per heavy atom. The second-order valence-electron chi connectivity index (χ2n) is 4.32. The average molecular weight is 238 g/mol. The van der Waals surface area contributed by atoms with Crippen LogP contribution in [-0.4, -0.2) is 0 Å². The number of rotatable bonds is 2. The van der Waals surface area contributed by atoms with Gasteiger partial charge in [0.05, 0.1) is 0 Å². The summed E-state index contributed by atoms with van der Waals surface area (Å²) in [6.45, 7) is 0. The molecular weight excluding hydrogens is 224 g/mol. The molecule has 0 radical (unpaired) electrons. The van der Waals surface area contributed by atoms with Crippen LogP contribution in [0, 0.1) is 0 Å². The number of thiol groups is 1. The minimum absolute atomic E-state index is 1.02. The molecule has 0 bridgehead atoms. The molecule has 1 aromatic rings. The first-order chi connectivity index (χ1) is 8.36. The van der Waals surface area contributed by atoms with Gasteiger partial charge in [0, 0.05) is 4.90 Å². The molecule has 0 unspecified atom stereocenters. The first-order valence-electron chi connectivity index (χ1n) is 5.91. The number of benzene rings is 1. The molecule has 0 amide bonds. The molecule has 0 aliphatic heterocycles. The summed E-state index contributed by atoms with van der Waals surface area (Å²) in [6.07, 6.45) is 15.2. The molecule has 2 aliphatic carbocycles. The number of hydrogen-bond acceptors (Lipinski definition) is 1. The maximum atomic E-state index is 4.72. The van der Waals surface area contributed by atoms with Crippen molar-refractivity contribution in [2.24, 2.45) is 0 Å². The molecule has 84 valence electrons. The van der Waals surface area contributed by atoms with E-state index in [9.17, 15) is 0 Å². The van der Waals surface area contributed by atoms with E-state index >= 15 is 0 Å². The first kappa shape index (κ1) is 10.7. The number of allylic oxidation sites excluding steroid dienone is 8. The van der Waals surface area contributed by atoms with Gasteiger partial charge in [0.25, 0.3) is 0 Å². The van der Waals surface area contributed by atoms with Gasteiger partial charge in [-0.2, -0.15) is 0 Å². The fourth-order valence-corrected chi connectivity index (χ4v) is 2.76. The zero-order chi connectivity index (χ0) is 11.7. The van der Waals surface area contributed by atoms with Crippen molar-refractivity contribution in [1.82, 2.24) is 0 Å². The molecule has 0 saturated carbocycles. The van der Waals surface area contributed by atoms with Crippen LogP contribution in [0.3, 0.4) is 0 Å². The van der Waals surface area contributed by atoms with E-state index in [0.29, 0.717) is 0 Å². The lowest BCUT2D eigenvalue weighted by Crippen LogP contribution is -1.90. The molecule has 1 aromatic carbocycles. The lowest BCUT2D eigenvalue weighted by atomic mass is 9.99. The molecular formula is C16H14S. The smallest absolute Gasteiger partial charge is 0.0194 e. The predicted octanol–water partition coefficient (Wildman–Crippen LogP) is 4.66. The highest BCUT2D eigenvalue weighted by Crippen LogP contribution is 2.34. The van der Waals surface area contributed by atoms with E-state index < -0.39 is 0 Å². The summed E-state index contributed by atoms with van der Waals surface area (Å²) >= 11 is 4.72. The second kappa shape index (κ2) is 4.42. The van der Waals surface area contributed by atoms with Gasteiger partial charge in [-0.15, -0.1) is 12.6 Å². The van der Waals surface area contributed by atoms with Crippen LogP contribution in [0.25, 0.3) is 11.1 Å². The summed E-state index contributed by atoms with van der Waals surface area (Å²) in [5, 5.41) is 0. The minimum Gasteiger partial charge on any atom is -0.142 e. The van der Waals surface area contributed by atoms with Crippen molar-refractivity contribution in [2.45, 2.75) is 17.7 Å². The molecule has 0 saturated heterocycles. The topological polar surface area (TPSA) is 0 Å². The molecule has 3 rings (SSSR count).